The minimum atomic E-state index is -0.361. The molecule has 2 amide bonds. The molecule has 1 unspecified atom stereocenters. The van der Waals surface area contributed by atoms with Crippen molar-refractivity contribution >= 4 is 57.3 Å². The number of nitrogens with zero attached hydrogens (tertiary/aromatic N) is 1. The van der Waals surface area contributed by atoms with E-state index in [0.29, 0.717) is 32.9 Å². The average Bonchev–Trinajstić information content (AvgIpc) is 3.37. The molecule has 0 bridgehead atoms. The summed E-state index contributed by atoms with van der Waals surface area (Å²) in [4.78, 5) is 30.8. The molecular formula is C27H24ClN3O4S2. The van der Waals surface area contributed by atoms with Crippen molar-refractivity contribution in [3.8, 4) is 22.8 Å². The fourth-order valence-corrected chi connectivity index (χ4v) is 5.20. The number of rotatable bonds is 9. The summed E-state index contributed by atoms with van der Waals surface area (Å²) in [5, 5.41) is 8.36. The van der Waals surface area contributed by atoms with Crippen molar-refractivity contribution in [3.05, 3.63) is 82.7 Å². The first-order valence-corrected chi connectivity index (χ1v) is 13.3. The van der Waals surface area contributed by atoms with Gasteiger partial charge < -0.3 is 20.1 Å². The average molecular weight is 554 g/mol. The molecule has 3 aromatic carbocycles. The number of nitrogens with one attached hydrogen (secondary N) is 2. The molecular weight excluding hydrogens is 530 g/mol. The van der Waals surface area contributed by atoms with Gasteiger partial charge in [-0.25, -0.2) is 4.98 Å². The molecule has 0 radical (unpaired) electrons. The van der Waals surface area contributed by atoms with Crippen LogP contribution in [0.15, 0.2) is 77.0 Å². The monoisotopic (exact) mass is 553 g/mol. The molecule has 0 saturated heterocycles. The van der Waals surface area contributed by atoms with E-state index in [2.05, 4.69) is 15.6 Å². The molecule has 7 nitrogen and oxygen atoms in total. The van der Waals surface area contributed by atoms with Crippen LogP contribution in [0.1, 0.15) is 17.3 Å². The van der Waals surface area contributed by atoms with Gasteiger partial charge in [-0.05, 0) is 55.5 Å². The number of hydrogen-bond donors (Lipinski definition) is 2. The molecule has 10 heteroatoms. The number of aromatic nitrogens is 1. The zero-order chi connectivity index (χ0) is 26.4. The number of thioether (sulfide) groups is 1. The van der Waals surface area contributed by atoms with E-state index in [9.17, 15) is 9.59 Å². The zero-order valence-electron chi connectivity index (χ0n) is 20.3. The second-order valence-electron chi connectivity index (χ2n) is 7.82. The number of hydrogen-bond acceptors (Lipinski definition) is 7. The number of carbonyl (C=O) groups excluding carboxylic acids is 2. The molecule has 0 aliphatic heterocycles. The second kappa shape index (κ2) is 12.1. The first-order chi connectivity index (χ1) is 17.9. The van der Waals surface area contributed by atoms with E-state index in [0.717, 1.165) is 16.2 Å². The van der Waals surface area contributed by atoms with Gasteiger partial charge >= 0.3 is 0 Å². The van der Waals surface area contributed by atoms with E-state index in [1.807, 2.05) is 42.6 Å². The summed E-state index contributed by atoms with van der Waals surface area (Å²) >= 11 is 9.01. The summed E-state index contributed by atoms with van der Waals surface area (Å²) in [6, 6.07) is 19.7. The zero-order valence-corrected chi connectivity index (χ0v) is 22.7. The highest BCUT2D eigenvalue weighted by Gasteiger charge is 2.17. The maximum absolute atomic E-state index is 12.7. The van der Waals surface area contributed by atoms with Crippen molar-refractivity contribution in [3.63, 3.8) is 0 Å². The van der Waals surface area contributed by atoms with E-state index in [1.54, 1.807) is 43.5 Å². The topological polar surface area (TPSA) is 89.5 Å². The molecule has 1 atom stereocenters. The third-order valence-corrected chi connectivity index (χ3v) is 7.52. The van der Waals surface area contributed by atoms with Gasteiger partial charge in [0, 0.05) is 32.1 Å². The quantitative estimate of drug-likeness (QED) is 0.220. The fraction of sp³-hybridized carbons (Fsp3) is 0.148. The standard InChI is InChI=1S/C27H24ClN3O4S2/c1-16(25(32)31-27-30-22(15-36-27)20-6-4-5-7-21(20)28)37-19-11-9-18(10-12-19)29-26(33)17-8-13-23(34-2)24(14-17)35-3/h4-16H,1-3H3,(H,29,33)(H,30,31,32). The van der Waals surface area contributed by atoms with Crippen LogP contribution in [0.3, 0.4) is 0 Å². The Morgan fingerprint density at radius 3 is 2.41 bits per heavy atom. The Morgan fingerprint density at radius 1 is 0.973 bits per heavy atom. The van der Waals surface area contributed by atoms with Gasteiger partial charge in [-0.2, -0.15) is 0 Å². The normalized spacial score (nSPS) is 11.5. The minimum Gasteiger partial charge on any atom is -0.493 e. The van der Waals surface area contributed by atoms with Crippen molar-refractivity contribution in [2.45, 2.75) is 17.1 Å². The third kappa shape index (κ3) is 6.62. The third-order valence-electron chi connectivity index (χ3n) is 5.32. The number of ether oxygens (including phenoxy) is 2. The number of anilines is 2. The first-order valence-electron chi connectivity index (χ1n) is 11.2. The molecule has 4 aromatic rings. The van der Waals surface area contributed by atoms with Crippen LogP contribution in [0.4, 0.5) is 10.8 Å². The summed E-state index contributed by atoms with van der Waals surface area (Å²) in [6.45, 7) is 1.83. The Bertz CT molecular complexity index is 1410. The molecule has 2 N–H and O–H groups in total. The van der Waals surface area contributed by atoms with Gasteiger partial charge in [0.15, 0.2) is 16.6 Å². The maximum Gasteiger partial charge on any atom is 0.255 e. The van der Waals surface area contributed by atoms with Gasteiger partial charge in [-0.15, -0.1) is 23.1 Å². The number of methoxy groups -OCH3 is 2. The molecule has 1 heterocycles. The van der Waals surface area contributed by atoms with Crippen LogP contribution in [-0.4, -0.2) is 36.3 Å². The number of halogens is 1. The number of carbonyl (C=O) groups is 2. The smallest absolute Gasteiger partial charge is 0.255 e. The van der Waals surface area contributed by atoms with Crippen molar-refractivity contribution in [1.29, 1.82) is 0 Å². The van der Waals surface area contributed by atoms with Gasteiger partial charge in [0.1, 0.15) is 0 Å². The van der Waals surface area contributed by atoms with E-state index in [-0.39, 0.29) is 17.1 Å². The highest BCUT2D eigenvalue weighted by molar-refractivity contribution is 8.00. The predicted octanol–water partition coefficient (Wildman–Crippen LogP) is 6.85. The Balaban J connectivity index is 1.33. The number of thiazole rings is 1. The summed E-state index contributed by atoms with van der Waals surface area (Å²) in [7, 11) is 3.06. The van der Waals surface area contributed by atoms with Crippen LogP contribution < -0.4 is 20.1 Å². The van der Waals surface area contributed by atoms with E-state index in [1.165, 1.54) is 30.2 Å². The van der Waals surface area contributed by atoms with Crippen LogP contribution in [0.5, 0.6) is 11.5 Å². The van der Waals surface area contributed by atoms with Crippen molar-refractivity contribution in [2.75, 3.05) is 24.9 Å². The molecule has 4 rings (SSSR count). The van der Waals surface area contributed by atoms with Crippen LogP contribution in [0.2, 0.25) is 5.02 Å². The van der Waals surface area contributed by atoms with E-state index in [4.69, 9.17) is 21.1 Å². The first kappa shape index (κ1) is 26.5. The summed E-state index contributed by atoms with van der Waals surface area (Å²) < 4.78 is 10.5. The van der Waals surface area contributed by atoms with Gasteiger partial charge in [0.05, 0.1) is 25.2 Å². The SMILES string of the molecule is COc1ccc(C(=O)Nc2ccc(SC(C)C(=O)Nc3nc(-c4ccccc4Cl)cs3)cc2)cc1OC. The summed E-state index contributed by atoms with van der Waals surface area (Å²) in [5.74, 6) is 0.603. The lowest BCUT2D eigenvalue weighted by Crippen LogP contribution is -2.22. The summed E-state index contributed by atoms with van der Waals surface area (Å²) in [5.41, 5.74) is 2.62. The van der Waals surface area contributed by atoms with Gasteiger partial charge in [-0.1, -0.05) is 29.8 Å². The van der Waals surface area contributed by atoms with Gasteiger partial charge in [0.2, 0.25) is 5.91 Å². The highest BCUT2D eigenvalue weighted by Crippen LogP contribution is 2.32. The fourth-order valence-electron chi connectivity index (χ4n) is 3.39. The van der Waals surface area contributed by atoms with Crippen molar-refractivity contribution in [1.82, 2.24) is 4.98 Å². The molecule has 0 saturated carbocycles. The lowest BCUT2D eigenvalue weighted by atomic mass is 10.2. The molecule has 1 aromatic heterocycles. The highest BCUT2D eigenvalue weighted by atomic mass is 35.5. The summed E-state index contributed by atoms with van der Waals surface area (Å²) in [6.07, 6.45) is 0. The van der Waals surface area contributed by atoms with Crippen molar-refractivity contribution < 1.29 is 19.1 Å². The number of benzene rings is 3. The molecule has 190 valence electrons. The number of amides is 2. The van der Waals surface area contributed by atoms with Crippen LogP contribution in [0, 0.1) is 0 Å². The molecule has 0 fully saturated rings. The molecule has 0 spiro atoms. The predicted molar refractivity (Wildman–Crippen MR) is 150 cm³/mol. The molecule has 0 aliphatic carbocycles. The van der Waals surface area contributed by atoms with Crippen LogP contribution >= 0.6 is 34.7 Å². The largest absolute Gasteiger partial charge is 0.493 e. The maximum atomic E-state index is 12.7. The second-order valence-corrected chi connectivity index (χ2v) is 10.5. The van der Waals surface area contributed by atoms with Crippen LogP contribution in [-0.2, 0) is 4.79 Å². The van der Waals surface area contributed by atoms with Crippen molar-refractivity contribution in [2.24, 2.45) is 0 Å². The Kier molecular flexibility index (Phi) is 8.70. The Labute approximate surface area is 228 Å². The van der Waals surface area contributed by atoms with E-state index < -0.39 is 0 Å². The Hall–Kier alpha value is -3.53. The molecule has 37 heavy (non-hydrogen) atoms. The van der Waals surface area contributed by atoms with Crippen LogP contribution in [0.25, 0.3) is 11.3 Å². The Morgan fingerprint density at radius 2 is 1.70 bits per heavy atom. The lowest BCUT2D eigenvalue weighted by Gasteiger charge is -2.12. The lowest BCUT2D eigenvalue weighted by molar-refractivity contribution is -0.115. The van der Waals surface area contributed by atoms with Gasteiger partial charge in [-0.3, -0.25) is 9.59 Å². The van der Waals surface area contributed by atoms with E-state index >= 15 is 0 Å². The van der Waals surface area contributed by atoms with Gasteiger partial charge in [0.25, 0.3) is 5.91 Å². The molecule has 0 aliphatic rings. The minimum absolute atomic E-state index is 0.157.